The highest BCUT2D eigenvalue weighted by molar-refractivity contribution is 5.71. The van der Waals surface area contributed by atoms with E-state index in [0.29, 0.717) is 19.3 Å². The van der Waals surface area contributed by atoms with E-state index >= 15 is 0 Å². The fourth-order valence-corrected chi connectivity index (χ4v) is 9.01. The number of unbranched alkanes of at least 4 members (excludes halogenated alkanes) is 36. The first-order valence-electron chi connectivity index (χ1n) is 31.3. The maximum Gasteiger partial charge on any atom is 0.306 e. The zero-order valence-corrected chi connectivity index (χ0v) is 47.9. The van der Waals surface area contributed by atoms with Crippen LogP contribution < -0.4 is 0 Å². The molecule has 0 heterocycles. The SMILES string of the molecule is CCCCC/C=C\C/C=C\C/C=C\CCCCCCCCC(=O)OC(COC(=O)CCCCCCCCCCC/C=C\C/C=C\CCCCCCC)COC(=O)CCCCCCCCCCCCCCCC. The third-order valence-corrected chi connectivity index (χ3v) is 13.7. The smallest absolute Gasteiger partial charge is 0.306 e. The summed E-state index contributed by atoms with van der Waals surface area (Å²) in [5.74, 6) is -0.878. The Bertz CT molecular complexity index is 1290. The van der Waals surface area contributed by atoms with E-state index in [1.807, 2.05) is 0 Å². The number of esters is 3. The second-order valence-electron chi connectivity index (χ2n) is 21.0. The van der Waals surface area contributed by atoms with Gasteiger partial charge >= 0.3 is 17.9 Å². The van der Waals surface area contributed by atoms with Crippen molar-refractivity contribution in [1.82, 2.24) is 0 Å². The van der Waals surface area contributed by atoms with Crippen molar-refractivity contribution in [2.45, 2.75) is 329 Å². The van der Waals surface area contributed by atoms with Gasteiger partial charge in [-0.15, -0.1) is 0 Å². The molecule has 6 nitrogen and oxygen atoms in total. The fraction of sp³-hybridized carbons (Fsp3) is 0.803. The van der Waals surface area contributed by atoms with Crippen LogP contribution in [0.2, 0.25) is 0 Å². The van der Waals surface area contributed by atoms with Crippen molar-refractivity contribution in [2.24, 2.45) is 0 Å². The Labute approximate surface area is 447 Å². The highest BCUT2D eigenvalue weighted by atomic mass is 16.6. The van der Waals surface area contributed by atoms with Crippen LogP contribution in [0.5, 0.6) is 0 Å². The van der Waals surface area contributed by atoms with Gasteiger partial charge in [0.2, 0.25) is 0 Å². The predicted molar refractivity (Wildman–Crippen MR) is 312 cm³/mol. The van der Waals surface area contributed by atoms with Crippen molar-refractivity contribution in [2.75, 3.05) is 13.2 Å². The molecule has 0 amide bonds. The van der Waals surface area contributed by atoms with Gasteiger partial charge in [-0.25, -0.2) is 0 Å². The van der Waals surface area contributed by atoms with Crippen molar-refractivity contribution in [3.8, 4) is 0 Å². The molecule has 0 N–H and O–H groups in total. The maximum atomic E-state index is 12.9. The Hall–Kier alpha value is -2.89. The summed E-state index contributed by atoms with van der Waals surface area (Å²) in [7, 11) is 0. The summed E-state index contributed by atoms with van der Waals surface area (Å²) in [6, 6.07) is 0. The second-order valence-corrected chi connectivity index (χ2v) is 21.0. The van der Waals surface area contributed by atoms with Crippen LogP contribution in [-0.2, 0) is 28.6 Å². The molecule has 0 saturated carbocycles. The van der Waals surface area contributed by atoms with Crippen LogP contribution in [0.1, 0.15) is 323 Å². The van der Waals surface area contributed by atoms with Crippen molar-refractivity contribution in [3.63, 3.8) is 0 Å². The first-order chi connectivity index (χ1) is 35.5. The molecule has 0 saturated heterocycles. The summed E-state index contributed by atoms with van der Waals surface area (Å²) in [6.07, 6.45) is 76.4. The third-order valence-electron chi connectivity index (χ3n) is 13.7. The molecule has 0 aliphatic rings. The Kier molecular flexibility index (Phi) is 58.2. The molecule has 0 rings (SSSR count). The van der Waals surface area contributed by atoms with Gasteiger partial charge in [-0.1, -0.05) is 274 Å². The van der Waals surface area contributed by atoms with Gasteiger partial charge in [0.05, 0.1) is 0 Å². The van der Waals surface area contributed by atoms with E-state index in [0.717, 1.165) is 89.9 Å². The monoisotopic (exact) mass is 1010 g/mol. The minimum atomic E-state index is -0.782. The molecule has 0 aromatic heterocycles. The number of hydrogen-bond donors (Lipinski definition) is 0. The maximum absolute atomic E-state index is 12.9. The second kappa shape index (κ2) is 60.7. The molecular formula is C66H118O6. The van der Waals surface area contributed by atoms with E-state index in [1.54, 1.807) is 0 Å². The minimum absolute atomic E-state index is 0.0780. The Morgan fingerprint density at radius 3 is 0.806 bits per heavy atom. The van der Waals surface area contributed by atoms with Crippen molar-refractivity contribution in [3.05, 3.63) is 60.8 Å². The van der Waals surface area contributed by atoms with E-state index in [4.69, 9.17) is 14.2 Å². The highest BCUT2D eigenvalue weighted by Gasteiger charge is 2.19. The van der Waals surface area contributed by atoms with Crippen LogP contribution in [0.25, 0.3) is 0 Å². The lowest BCUT2D eigenvalue weighted by atomic mass is 10.0. The van der Waals surface area contributed by atoms with Gasteiger partial charge < -0.3 is 14.2 Å². The molecular weight excluding hydrogens is 889 g/mol. The van der Waals surface area contributed by atoms with Gasteiger partial charge in [0.25, 0.3) is 0 Å². The largest absolute Gasteiger partial charge is 0.462 e. The van der Waals surface area contributed by atoms with Gasteiger partial charge in [-0.3, -0.25) is 14.4 Å². The number of carbonyl (C=O) groups is 3. The van der Waals surface area contributed by atoms with Crippen LogP contribution >= 0.6 is 0 Å². The summed E-state index contributed by atoms with van der Waals surface area (Å²) in [4.78, 5) is 38.3. The summed E-state index contributed by atoms with van der Waals surface area (Å²) >= 11 is 0. The topological polar surface area (TPSA) is 78.9 Å². The molecule has 0 fully saturated rings. The van der Waals surface area contributed by atoms with Crippen LogP contribution in [0.4, 0.5) is 0 Å². The average Bonchev–Trinajstić information content (AvgIpc) is 3.38. The molecule has 0 aliphatic heterocycles. The molecule has 72 heavy (non-hydrogen) atoms. The van der Waals surface area contributed by atoms with Crippen molar-refractivity contribution >= 4 is 17.9 Å². The standard InChI is InChI=1S/C66H118O6/c1-4-7-10-13-16-19-22-25-28-30-32-33-35-36-38-41-44-47-50-53-56-59-65(68)71-62-63(61-70-64(67)58-55-52-49-46-43-40-27-24-21-18-15-12-9-6-3)72-66(69)60-57-54-51-48-45-42-39-37-34-31-29-26-23-20-17-14-11-8-5-2/h17,20,22,25-26,29-30,32,34,37,63H,4-16,18-19,21,23-24,27-28,31,33,35-36,38-62H2,1-3H3/b20-17-,25-22-,29-26-,32-30-,37-34-. The van der Waals surface area contributed by atoms with E-state index in [-0.39, 0.29) is 31.1 Å². The van der Waals surface area contributed by atoms with E-state index in [1.165, 1.54) is 193 Å². The first kappa shape index (κ1) is 69.1. The normalized spacial score (nSPS) is 12.4. The summed E-state index contributed by atoms with van der Waals surface area (Å²) < 4.78 is 16.9. The van der Waals surface area contributed by atoms with Crippen LogP contribution in [0.15, 0.2) is 60.8 Å². The van der Waals surface area contributed by atoms with Gasteiger partial charge in [-0.2, -0.15) is 0 Å². The Balaban J connectivity index is 4.37. The number of ether oxygens (including phenoxy) is 3. The zero-order chi connectivity index (χ0) is 52.2. The highest BCUT2D eigenvalue weighted by Crippen LogP contribution is 2.16. The lowest BCUT2D eigenvalue weighted by molar-refractivity contribution is -0.167. The average molecular weight is 1010 g/mol. The quantitative estimate of drug-likeness (QED) is 0.0261. The zero-order valence-electron chi connectivity index (χ0n) is 47.9. The molecule has 0 bridgehead atoms. The third kappa shape index (κ3) is 58.0. The molecule has 6 heteroatoms. The van der Waals surface area contributed by atoms with E-state index in [9.17, 15) is 14.4 Å². The van der Waals surface area contributed by atoms with Gasteiger partial charge in [0.1, 0.15) is 13.2 Å². The number of allylic oxidation sites excluding steroid dienone is 10. The number of carbonyl (C=O) groups excluding carboxylic acids is 3. The molecule has 1 unspecified atom stereocenters. The minimum Gasteiger partial charge on any atom is -0.462 e. The Morgan fingerprint density at radius 1 is 0.278 bits per heavy atom. The van der Waals surface area contributed by atoms with Crippen molar-refractivity contribution < 1.29 is 28.6 Å². The lowest BCUT2D eigenvalue weighted by Crippen LogP contribution is -2.30. The molecule has 0 aromatic carbocycles. The fourth-order valence-electron chi connectivity index (χ4n) is 9.01. The first-order valence-corrected chi connectivity index (χ1v) is 31.3. The van der Waals surface area contributed by atoms with Crippen LogP contribution in [0.3, 0.4) is 0 Å². The predicted octanol–water partition coefficient (Wildman–Crippen LogP) is 21.2. The molecule has 0 spiro atoms. The molecule has 418 valence electrons. The Morgan fingerprint density at radius 2 is 0.500 bits per heavy atom. The van der Waals surface area contributed by atoms with Gasteiger partial charge in [0, 0.05) is 19.3 Å². The molecule has 0 aliphatic carbocycles. The van der Waals surface area contributed by atoms with Gasteiger partial charge in [-0.05, 0) is 89.9 Å². The number of rotatable bonds is 57. The van der Waals surface area contributed by atoms with Crippen LogP contribution in [-0.4, -0.2) is 37.2 Å². The summed E-state index contributed by atoms with van der Waals surface area (Å²) in [5, 5.41) is 0. The summed E-state index contributed by atoms with van der Waals surface area (Å²) in [6.45, 7) is 6.63. The van der Waals surface area contributed by atoms with Crippen molar-refractivity contribution in [1.29, 1.82) is 0 Å². The molecule has 0 radical (unpaired) electrons. The van der Waals surface area contributed by atoms with E-state index in [2.05, 4.69) is 81.5 Å². The van der Waals surface area contributed by atoms with Crippen LogP contribution in [0, 0.1) is 0 Å². The lowest BCUT2D eigenvalue weighted by Gasteiger charge is -2.18. The van der Waals surface area contributed by atoms with Gasteiger partial charge in [0.15, 0.2) is 6.10 Å². The number of hydrogen-bond acceptors (Lipinski definition) is 6. The summed E-state index contributed by atoms with van der Waals surface area (Å²) in [5.41, 5.74) is 0. The molecule has 1 atom stereocenters. The van der Waals surface area contributed by atoms with E-state index < -0.39 is 6.10 Å². The molecule has 0 aromatic rings.